The van der Waals surface area contributed by atoms with E-state index >= 15 is 0 Å². The smallest absolute Gasteiger partial charge is 0.264 e. The van der Waals surface area contributed by atoms with Gasteiger partial charge in [-0.3, -0.25) is 36.8 Å². The van der Waals surface area contributed by atoms with Gasteiger partial charge < -0.3 is 0 Å². The van der Waals surface area contributed by atoms with E-state index in [-0.39, 0.29) is 22.2 Å². The summed E-state index contributed by atoms with van der Waals surface area (Å²) >= 11 is 14.6. The van der Waals surface area contributed by atoms with Crippen molar-refractivity contribution in [2.24, 2.45) is 0 Å². The molecular weight excluding hydrogens is 1940 g/mol. The van der Waals surface area contributed by atoms with Gasteiger partial charge in [0.1, 0.15) is 22.6 Å². The molecule has 0 saturated heterocycles. The van der Waals surface area contributed by atoms with Crippen molar-refractivity contribution in [3.8, 4) is 89.0 Å². The highest BCUT2D eigenvalue weighted by Gasteiger charge is 2.28. The molecule has 0 radical (unpaired) electrons. The first-order valence-corrected chi connectivity index (χ1v) is 47.7. The van der Waals surface area contributed by atoms with Crippen LogP contribution in [-0.2, 0) is 0 Å². The Hall–Kier alpha value is -16.1. The topological polar surface area (TPSA) is 137 Å². The van der Waals surface area contributed by atoms with Crippen molar-refractivity contribution in [2.75, 3.05) is 0 Å². The molecule has 0 saturated carbocycles. The maximum absolute atomic E-state index is 13.9. The molecule has 12 nitrogen and oxygen atoms in total. The molecule has 0 atom stereocenters. The summed E-state index contributed by atoms with van der Waals surface area (Å²) in [4.78, 5) is 75.9. The number of benzene rings is 20. The summed E-state index contributed by atoms with van der Waals surface area (Å²) < 4.78 is 11.1. The molecule has 20 aromatic carbocycles. The molecule has 0 N–H and O–H groups in total. The quantitative estimate of drug-likeness (QED) is 0.147. The second kappa shape index (κ2) is 33.0. The molecule has 0 bridgehead atoms. The standard InChI is InChI=1S/4C30H17BrN2O/c31-25-15-14-22-27-21(25)12-7-13-23(27)30(34)33-26-17-20(18-8-3-1-4-9-18)16-24(28(26)32-29(22)33)19-10-5-2-6-11-19;31-25-15-14-22-27-21(25)12-7-13-23(27)30(34)33-28-24(19-10-5-2-6-11-19)16-20(17-26(28)32-29(22)33)18-8-3-1-4-9-18;31-25-15-14-23-27-21(25)12-7-13-22(27)29-32-28-24(19-10-5-2-6-11-19)16-20(18-8-3-1-4-9-18)17-26(28)33(29)30(23)34;31-25-15-14-23-27-21(25)12-7-13-22(27)29-32-26-17-20(18-8-3-1-4-9-18)16-24(19-10-5-2-6-11-19)28(26)33(29)30(23)34/h4*1-17H. The molecule has 8 aromatic heterocycles. The Kier molecular flexibility index (Phi) is 19.9. The lowest BCUT2D eigenvalue weighted by Gasteiger charge is -2.11. The van der Waals surface area contributed by atoms with Gasteiger partial charge in [-0.2, -0.15) is 0 Å². The zero-order valence-electron chi connectivity index (χ0n) is 72.0. The molecule has 28 rings (SSSR count). The van der Waals surface area contributed by atoms with E-state index < -0.39 is 0 Å². The average molecular weight is 2010 g/mol. The molecule has 640 valence electrons. The third kappa shape index (κ3) is 13.3. The van der Waals surface area contributed by atoms with E-state index in [1.807, 2.05) is 243 Å². The number of fused-ring (bicyclic) bond motifs is 16. The molecule has 0 spiro atoms. The normalized spacial score (nSPS) is 11.8. The zero-order chi connectivity index (χ0) is 91.2. The summed E-state index contributed by atoms with van der Waals surface area (Å²) in [5.74, 6) is 0. The van der Waals surface area contributed by atoms with Crippen LogP contribution in [0.15, 0.2) is 450 Å². The summed E-state index contributed by atoms with van der Waals surface area (Å²) in [6.45, 7) is 0. The van der Waals surface area contributed by atoms with Gasteiger partial charge in [0.2, 0.25) is 0 Å². The summed E-state index contributed by atoms with van der Waals surface area (Å²) in [6.07, 6.45) is 0. The zero-order valence-corrected chi connectivity index (χ0v) is 78.3. The lowest BCUT2D eigenvalue weighted by molar-refractivity contribution is 1.19. The average Bonchev–Trinajstić information content (AvgIpc) is 1.45. The minimum atomic E-state index is -0.0436. The molecule has 0 aliphatic rings. The van der Waals surface area contributed by atoms with Gasteiger partial charge >= 0.3 is 0 Å². The number of aromatic nitrogens is 8. The minimum absolute atomic E-state index is 0.0432. The fourth-order valence-corrected chi connectivity index (χ4v) is 22.1. The van der Waals surface area contributed by atoms with Crippen molar-refractivity contribution in [1.82, 2.24) is 37.5 Å². The van der Waals surface area contributed by atoms with Gasteiger partial charge in [-0.25, -0.2) is 19.9 Å². The molecule has 0 unspecified atom stereocenters. The summed E-state index contributed by atoms with van der Waals surface area (Å²) in [5.41, 5.74) is 26.2. The van der Waals surface area contributed by atoms with E-state index in [2.05, 4.69) is 234 Å². The van der Waals surface area contributed by atoms with Crippen LogP contribution in [0.2, 0.25) is 0 Å². The first-order valence-electron chi connectivity index (χ1n) is 44.6. The molecule has 0 aliphatic heterocycles. The lowest BCUT2D eigenvalue weighted by atomic mass is 9.97. The Morgan fingerprint density at radius 1 is 0.176 bits per heavy atom. The van der Waals surface area contributed by atoms with Crippen molar-refractivity contribution < 1.29 is 0 Å². The van der Waals surface area contributed by atoms with E-state index in [1.54, 1.807) is 17.6 Å². The monoisotopic (exact) mass is 2000 g/mol. The SMILES string of the molecule is O=c1c2ccc(Br)c3cccc(c32)c2nc3c(-c4ccccc4)cc(-c4ccccc4)cc3n12.O=c1c2ccc(Br)c3cccc(c32)c2nc3cc(-c4ccccc4)cc(-c4ccccc4)c3n12.O=c1c2cccc3c(Br)ccc(c32)c2nc3c(-c4ccccc4)cc(-c4ccccc4)cc3n12.O=c1c2cccc3c(Br)ccc(c32)c2nc3cc(-c4ccccc4)cc(-c4ccccc4)c3n12. The summed E-state index contributed by atoms with van der Waals surface area (Å²) in [7, 11) is 0. The van der Waals surface area contributed by atoms with E-state index in [1.165, 1.54) is 0 Å². The number of rotatable bonds is 8. The van der Waals surface area contributed by atoms with Gasteiger partial charge in [0.25, 0.3) is 22.2 Å². The minimum Gasteiger partial charge on any atom is -0.268 e. The number of nitrogens with zero attached hydrogens (tertiary/aromatic N) is 8. The van der Waals surface area contributed by atoms with Crippen molar-refractivity contribution >= 4 is 217 Å². The molecule has 0 fully saturated rings. The van der Waals surface area contributed by atoms with Crippen molar-refractivity contribution in [3.63, 3.8) is 0 Å². The van der Waals surface area contributed by atoms with Crippen LogP contribution in [0, 0.1) is 0 Å². The number of pyridine rings is 4. The maximum atomic E-state index is 13.9. The third-order valence-electron chi connectivity index (χ3n) is 26.4. The van der Waals surface area contributed by atoms with Crippen LogP contribution in [0.1, 0.15) is 0 Å². The highest BCUT2D eigenvalue weighted by atomic mass is 79.9. The Labute approximate surface area is 808 Å². The highest BCUT2D eigenvalue weighted by Crippen LogP contribution is 2.46. The van der Waals surface area contributed by atoms with E-state index in [0.29, 0.717) is 44.1 Å². The van der Waals surface area contributed by atoms with Crippen LogP contribution in [0.5, 0.6) is 0 Å². The van der Waals surface area contributed by atoms with Crippen LogP contribution in [-0.4, -0.2) is 37.5 Å². The first kappa shape index (κ1) is 81.9. The number of hydrogen-bond acceptors (Lipinski definition) is 8. The molecular formula is C120H68Br4N8O4. The second-order valence-electron chi connectivity index (χ2n) is 34.1. The Morgan fingerprint density at radius 2 is 0.397 bits per heavy atom. The van der Waals surface area contributed by atoms with E-state index in [4.69, 9.17) is 19.9 Å². The molecule has 8 heterocycles. The Bertz CT molecular complexity index is 9420. The lowest BCUT2D eigenvalue weighted by Crippen LogP contribution is -2.13. The molecule has 0 amide bonds. The van der Waals surface area contributed by atoms with Crippen LogP contribution in [0.25, 0.3) is 242 Å². The fourth-order valence-electron chi connectivity index (χ4n) is 20.3. The summed E-state index contributed by atoms with van der Waals surface area (Å²) in [5, 5.41) is 14.6. The predicted octanol–water partition coefficient (Wildman–Crippen LogP) is 30.8. The highest BCUT2D eigenvalue weighted by molar-refractivity contribution is 9.11. The molecule has 16 heteroatoms. The van der Waals surface area contributed by atoms with Crippen LogP contribution < -0.4 is 22.2 Å². The van der Waals surface area contributed by atoms with Gasteiger partial charge in [-0.05, 0) is 198 Å². The van der Waals surface area contributed by atoms with Crippen LogP contribution in [0.3, 0.4) is 0 Å². The van der Waals surface area contributed by atoms with Gasteiger partial charge in [-0.1, -0.05) is 367 Å². The number of hydrogen-bond donors (Lipinski definition) is 0. The predicted molar refractivity (Wildman–Crippen MR) is 575 cm³/mol. The fraction of sp³-hybridized carbons (Fsp3) is 0. The molecule has 28 aromatic rings. The van der Waals surface area contributed by atoms with Gasteiger partial charge in [-0.15, -0.1) is 0 Å². The van der Waals surface area contributed by atoms with Gasteiger partial charge in [0.15, 0.2) is 0 Å². The first-order chi connectivity index (χ1) is 66.8. The Balaban J connectivity index is 0.0000000965. The van der Waals surface area contributed by atoms with E-state index in [9.17, 15) is 19.2 Å². The second-order valence-corrected chi connectivity index (χ2v) is 37.5. The van der Waals surface area contributed by atoms with Gasteiger partial charge in [0.05, 0.1) is 44.1 Å². The number of halogens is 4. The largest absolute Gasteiger partial charge is 0.268 e. The molecule has 136 heavy (non-hydrogen) atoms. The summed E-state index contributed by atoms with van der Waals surface area (Å²) in [6, 6.07) is 139. The molecule has 0 aliphatic carbocycles. The van der Waals surface area contributed by atoms with Crippen LogP contribution in [0.4, 0.5) is 0 Å². The van der Waals surface area contributed by atoms with E-state index in [0.717, 1.165) is 216 Å². The van der Waals surface area contributed by atoms with Crippen molar-refractivity contribution in [3.05, 3.63) is 472 Å². The maximum Gasteiger partial charge on any atom is 0.264 e. The van der Waals surface area contributed by atoms with Crippen molar-refractivity contribution in [1.29, 1.82) is 0 Å². The van der Waals surface area contributed by atoms with Crippen molar-refractivity contribution in [2.45, 2.75) is 0 Å². The number of imidazole rings is 4. The Morgan fingerprint density at radius 3 is 0.699 bits per heavy atom. The van der Waals surface area contributed by atoms with Gasteiger partial charge in [0, 0.05) is 105 Å². The third-order valence-corrected chi connectivity index (χ3v) is 29.2. The van der Waals surface area contributed by atoms with Crippen LogP contribution >= 0.6 is 63.7 Å².